The van der Waals surface area contributed by atoms with E-state index in [9.17, 15) is 4.79 Å². The van der Waals surface area contributed by atoms with Crippen LogP contribution in [0.2, 0.25) is 0 Å². The van der Waals surface area contributed by atoms with Gasteiger partial charge in [0.15, 0.2) is 0 Å². The minimum absolute atomic E-state index is 0.292. The number of rotatable bonds is 6. The van der Waals surface area contributed by atoms with Crippen molar-refractivity contribution in [1.82, 2.24) is 9.99 Å². The van der Waals surface area contributed by atoms with Gasteiger partial charge in [0, 0.05) is 35.3 Å². The van der Waals surface area contributed by atoms with Gasteiger partial charge in [-0.3, -0.25) is 4.79 Å². The van der Waals surface area contributed by atoms with Crippen LogP contribution in [0.15, 0.2) is 41.5 Å². The summed E-state index contributed by atoms with van der Waals surface area (Å²) in [5, 5.41) is 4.91. The molecule has 28 heavy (non-hydrogen) atoms. The third-order valence-corrected chi connectivity index (χ3v) is 4.74. The van der Waals surface area contributed by atoms with Gasteiger partial charge in [-0.05, 0) is 37.3 Å². The first-order valence-electron chi connectivity index (χ1n) is 8.68. The van der Waals surface area contributed by atoms with Crippen molar-refractivity contribution < 1.29 is 19.0 Å². The second kappa shape index (κ2) is 8.04. The quantitative estimate of drug-likeness (QED) is 0.525. The lowest BCUT2D eigenvalue weighted by molar-refractivity contribution is 0.0956. The fraction of sp³-hybridized carbons (Fsp3) is 0.238. The molecular formula is C21H23N3O4. The Hall–Kier alpha value is -3.48. The lowest BCUT2D eigenvalue weighted by atomic mass is 10.1. The van der Waals surface area contributed by atoms with Gasteiger partial charge in [-0.1, -0.05) is 0 Å². The molecule has 0 radical (unpaired) electrons. The summed E-state index contributed by atoms with van der Waals surface area (Å²) in [7, 11) is 6.68. The van der Waals surface area contributed by atoms with E-state index in [0.717, 1.165) is 22.2 Å². The number of nitrogens with zero attached hydrogens (tertiary/aromatic N) is 2. The number of benzene rings is 2. The first-order valence-corrected chi connectivity index (χ1v) is 8.68. The van der Waals surface area contributed by atoms with Crippen molar-refractivity contribution in [3.8, 4) is 17.2 Å². The van der Waals surface area contributed by atoms with Crippen molar-refractivity contribution in [2.45, 2.75) is 6.92 Å². The fourth-order valence-corrected chi connectivity index (χ4v) is 3.11. The van der Waals surface area contributed by atoms with E-state index >= 15 is 0 Å². The first-order chi connectivity index (χ1) is 13.5. The molecule has 3 aromatic rings. The highest BCUT2D eigenvalue weighted by Gasteiger charge is 2.18. The number of aromatic nitrogens is 1. The van der Waals surface area contributed by atoms with Gasteiger partial charge < -0.3 is 18.8 Å². The zero-order valence-electron chi connectivity index (χ0n) is 16.6. The molecule has 1 aromatic heterocycles. The maximum atomic E-state index is 12.8. The van der Waals surface area contributed by atoms with Crippen molar-refractivity contribution in [3.63, 3.8) is 0 Å². The molecule has 0 atom stereocenters. The minimum Gasteiger partial charge on any atom is -0.497 e. The Morgan fingerprint density at radius 2 is 1.71 bits per heavy atom. The summed E-state index contributed by atoms with van der Waals surface area (Å²) in [6.07, 6.45) is 1.54. The predicted octanol–water partition coefficient (Wildman–Crippen LogP) is 3.28. The number of hydrogen-bond acceptors (Lipinski definition) is 5. The van der Waals surface area contributed by atoms with E-state index in [2.05, 4.69) is 10.5 Å². The maximum absolute atomic E-state index is 12.8. The van der Waals surface area contributed by atoms with Gasteiger partial charge >= 0.3 is 0 Å². The maximum Gasteiger partial charge on any atom is 0.273 e. The Morgan fingerprint density at radius 3 is 2.39 bits per heavy atom. The van der Waals surface area contributed by atoms with Crippen molar-refractivity contribution in [2.75, 3.05) is 21.3 Å². The summed E-state index contributed by atoms with van der Waals surface area (Å²) in [4.78, 5) is 12.8. The average Bonchev–Trinajstić information content (AvgIpc) is 2.97. The Balaban J connectivity index is 1.88. The second-order valence-electron chi connectivity index (χ2n) is 6.21. The number of amides is 1. The number of hydrogen-bond donors (Lipinski definition) is 1. The molecule has 7 nitrogen and oxygen atoms in total. The fourth-order valence-electron chi connectivity index (χ4n) is 3.11. The molecule has 146 valence electrons. The molecule has 1 N–H and O–H groups in total. The van der Waals surface area contributed by atoms with Crippen LogP contribution in [0.3, 0.4) is 0 Å². The molecular weight excluding hydrogens is 358 g/mol. The highest BCUT2D eigenvalue weighted by Crippen LogP contribution is 2.28. The van der Waals surface area contributed by atoms with E-state index in [1.165, 1.54) is 6.21 Å². The van der Waals surface area contributed by atoms with Crippen LogP contribution < -0.4 is 19.6 Å². The number of ether oxygens (including phenoxy) is 3. The smallest absolute Gasteiger partial charge is 0.273 e. The number of fused-ring (bicyclic) bond motifs is 1. The summed E-state index contributed by atoms with van der Waals surface area (Å²) in [6.45, 7) is 1.90. The minimum atomic E-state index is -0.292. The zero-order chi connectivity index (χ0) is 20.3. The highest BCUT2D eigenvalue weighted by atomic mass is 16.5. The highest BCUT2D eigenvalue weighted by molar-refractivity contribution is 6.09. The normalized spacial score (nSPS) is 11.0. The lowest BCUT2D eigenvalue weighted by Crippen LogP contribution is -2.18. The Morgan fingerprint density at radius 1 is 1.04 bits per heavy atom. The summed E-state index contributed by atoms with van der Waals surface area (Å²) in [6, 6.07) is 11.0. The number of methoxy groups -OCH3 is 3. The summed E-state index contributed by atoms with van der Waals surface area (Å²) in [5.74, 6) is 1.68. The van der Waals surface area contributed by atoms with Crippen LogP contribution in [0.1, 0.15) is 21.6 Å². The molecule has 0 bridgehead atoms. The molecule has 2 aromatic carbocycles. The molecule has 0 saturated heterocycles. The Labute approximate surface area is 163 Å². The topological polar surface area (TPSA) is 74.1 Å². The van der Waals surface area contributed by atoms with Crippen molar-refractivity contribution >= 4 is 23.0 Å². The van der Waals surface area contributed by atoms with Crippen molar-refractivity contribution in [3.05, 3.63) is 53.2 Å². The third-order valence-electron chi connectivity index (χ3n) is 4.74. The van der Waals surface area contributed by atoms with Gasteiger partial charge in [-0.2, -0.15) is 5.10 Å². The van der Waals surface area contributed by atoms with Crippen LogP contribution >= 0.6 is 0 Å². The largest absolute Gasteiger partial charge is 0.497 e. The van der Waals surface area contributed by atoms with Gasteiger partial charge in [-0.25, -0.2) is 5.43 Å². The average molecular weight is 381 g/mol. The summed E-state index contributed by atoms with van der Waals surface area (Å²) < 4.78 is 17.8. The molecule has 0 aliphatic carbocycles. The Kier molecular flexibility index (Phi) is 5.54. The number of carbonyl (C=O) groups excluding carboxylic acids is 1. The van der Waals surface area contributed by atoms with Crippen LogP contribution in [0.5, 0.6) is 17.2 Å². The van der Waals surface area contributed by atoms with Crippen LogP contribution in [0, 0.1) is 6.92 Å². The molecule has 0 saturated carbocycles. The number of aryl methyl sites for hydroxylation is 1. The van der Waals surface area contributed by atoms with Crippen molar-refractivity contribution in [2.24, 2.45) is 12.1 Å². The zero-order valence-corrected chi connectivity index (χ0v) is 16.6. The Bertz CT molecular complexity index is 1050. The van der Waals surface area contributed by atoms with E-state index in [-0.39, 0.29) is 5.91 Å². The van der Waals surface area contributed by atoms with Gasteiger partial charge in [0.05, 0.1) is 33.1 Å². The van der Waals surface area contributed by atoms with Gasteiger partial charge in [-0.15, -0.1) is 0 Å². The molecule has 0 unspecified atom stereocenters. The van der Waals surface area contributed by atoms with E-state index in [1.54, 1.807) is 39.5 Å². The van der Waals surface area contributed by atoms with Crippen molar-refractivity contribution in [1.29, 1.82) is 0 Å². The van der Waals surface area contributed by atoms with E-state index in [1.807, 2.05) is 36.7 Å². The molecule has 0 aliphatic heterocycles. The number of carbonyl (C=O) groups is 1. The van der Waals surface area contributed by atoms with E-state index in [4.69, 9.17) is 14.2 Å². The SMILES string of the molecule is COc1ccc(/C=N\NC(=O)c2c(C)n(C)c3ccc(OC)cc23)c(OC)c1. The molecule has 0 spiro atoms. The molecule has 0 fully saturated rings. The molecule has 3 rings (SSSR count). The molecule has 7 heteroatoms. The molecule has 1 heterocycles. The standard InChI is InChI=1S/C21H23N3O4/c1-13-20(17-10-15(26-3)8-9-18(17)24(13)2)21(25)23-22-12-14-6-7-16(27-4)11-19(14)28-5/h6-12H,1-5H3,(H,23,25)/b22-12-. The predicted molar refractivity (Wildman–Crippen MR) is 109 cm³/mol. The van der Waals surface area contributed by atoms with Crippen LogP contribution in [-0.4, -0.2) is 38.0 Å². The molecule has 0 aliphatic rings. The van der Waals surface area contributed by atoms with Gasteiger partial charge in [0.25, 0.3) is 5.91 Å². The van der Waals surface area contributed by atoms with Gasteiger partial charge in [0.2, 0.25) is 0 Å². The monoisotopic (exact) mass is 381 g/mol. The number of hydrazone groups is 1. The van der Waals surface area contributed by atoms with Crippen LogP contribution in [-0.2, 0) is 7.05 Å². The first kappa shape index (κ1) is 19.3. The lowest BCUT2D eigenvalue weighted by Gasteiger charge is -2.07. The number of nitrogens with one attached hydrogen (secondary N) is 1. The van der Waals surface area contributed by atoms with E-state index in [0.29, 0.717) is 22.8 Å². The third kappa shape index (κ3) is 3.51. The molecule has 1 amide bonds. The summed E-state index contributed by atoms with van der Waals surface area (Å²) >= 11 is 0. The van der Waals surface area contributed by atoms with Crippen LogP contribution in [0.25, 0.3) is 10.9 Å². The van der Waals surface area contributed by atoms with Gasteiger partial charge in [0.1, 0.15) is 17.2 Å². The van der Waals surface area contributed by atoms with Crippen LogP contribution in [0.4, 0.5) is 0 Å². The summed E-state index contributed by atoms with van der Waals surface area (Å²) in [5.41, 5.74) is 5.68. The second-order valence-corrected chi connectivity index (χ2v) is 6.21. The van der Waals surface area contributed by atoms with E-state index < -0.39 is 0 Å².